The number of hydrogen-bond donors (Lipinski definition) is 1. The highest BCUT2D eigenvalue weighted by Gasteiger charge is 2.29. The molecule has 3 heteroatoms. The van der Waals surface area contributed by atoms with Gasteiger partial charge < -0.3 is 5.32 Å². The van der Waals surface area contributed by atoms with Crippen molar-refractivity contribution >= 4 is 5.82 Å². The second-order valence-electron chi connectivity index (χ2n) is 5.11. The molecule has 0 aliphatic heterocycles. The van der Waals surface area contributed by atoms with Gasteiger partial charge in [-0.1, -0.05) is 0 Å². The van der Waals surface area contributed by atoms with E-state index in [4.69, 9.17) is 0 Å². The lowest BCUT2D eigenvalue weighted by Gasteiger charge is -2.15. The molecule has 1 aromatic heterocycles. The van der Waals surface area contributed by atoms with Gasteiger partial charge in [0.2, 0.25) is 0 Å². The zero-order valence-electron chi connectivity index (χ0n) is 9.32. The van der Waals surface area contributed by atoms with Crippen LogP contribution in [0.5, 0.6) is 0 Å². The molecule has 0 bridgehead atoms. The van der Waals surface area contributed by atoms with Crippen LogP contribution in [0.1, 0.15) is 32.6 Å². The topological polar surface area (TPSA) is 29.9 Å². The quantitative estimate of drug-likeness (QED) is 0.800. The fourth-order valence-corrected chi connectivity index (χ4v) is 2.09. The molecular formula is C12H19N3. The van der Waals surface area contributed by atoms with Crippen molar-refractivity contribution < 1.29 is 0 Å². The van der Waals surface area contributed by atoms with E-state index < -0.39 is 0 Å². The SMILES string of the molecule is CC(Nc1ccnn1CC1CC1)C1CC1. The Morgan fingerprint density at radius 1 is 1.47 bits per heavy atom. The van der Waals surface area contributed by atoms with Crippen molar-refractivity contribution in [3.63, 3.8) is 0 Å². The van der Waals surface area contributed by atoms with Crippen LogP contribution in [0, 0.1) is 11.8 Å². The predicted octanol–water partition coefficient (Wildman–Crippen LogP) is 2.50. The summed E-state index contributed by atoms with van der Waals surface area (Å²) in [7, 11) is 0. The van der Waals surface area contributed by atoms with E-state index in [0.717, 1.165) is 18.4 Å². The number of anilines is 1. The van der Waals surface area contributed by atoms with Gasteiger partial charge in [0.1, 0.15) is 5.82 Å². The standard InChI is InChI=1S/C12H19N3/c1-9(11-4-5-11)14-12-6-7-13-15(12)8-10-2-3-10/h6-7,9-11,14H,2-5,8H2,1H3. The molecule has 2 aliphatic carbocycles. The van der Waals surface area contributed by atoms with E-state index in [0.29, 0.717) is 6.04 Å². The first-order chi connectivity index (χ1) is 7.33. The van der Waals surface area contributed by atoms with E-state index in [1.54, 1.807) is 0 Å². The van der Waals surface area contributed by atoms with Crippen molar-refractivity contribution in [2.45, 2.75) is 45.2 Å². The normalized spacial score (nSPS) is 22.7. The lowest BCUT2D eigenvalue weighted by atomic mass is 10.2. The minimum atomic E-state index is 0.611. The molecule has 1 unspecified atom stereocenters. The number of nitrogens with zero attached hydrogens (tertiary/aromatic N) is 2. The van der Waals surface area contributed by atoms with E-state index in [1.165, 1.54) is 31.5 Å². The molecule has 1 atom stereocenters. The molecule has 3 nitrogen and oxygen atoms in total. The molecule has 2 fully saturated rings. The number of rotatable bonds is 5. The van der Waals surface area contributed by atoms with Crippen molar-refractivity contribution in [3.05, 3.63) is 12.3 Å². The first kappa shape index (κ1) is 9.25. The summed E-state index contributed by atoms with van der Waals surface area (Å²) < 4.78 is 2.14. The largest absolute Gasteiger partial charge is 0.368 e. The maximum atomic E-state index is 4.38. The summed E-state index contributed by atoms with van der Waals surface area (Å²) in [6.07, 6.45) is 7.47. The maximum absolute atomic E-state index is 4.38. The second-order valence-corrected chi connectivity index (χ2v) is 5.11. The average molecular weight is 205 g/mol. The van der Waals surface area contributed by atoms with Gasteiger partial charge in [-0.3, -0.25) is 0 Å². The number of hydrogen-bond acceptors (Lipinski definition) is 2. The fourth-order valence-electron chi connectivity index (χ4n) is 2.09. The highest BCUT2D eigenvalue weighted by Crippen LogP contribution is 2.35. The third kappa shape index (κ3) is 2.16. The Morgan fingerprint density at radius 2 is 2.27 bits per heavy atom. The van der Waals surface area contributed by atoms with Crippen LogP contribution in [0.15, 0.2) is 12.3 Å². The summed E-state index contributed by atoms with van der Waals surface area (Å²) in [5, 5.41) is 7.97. The number of nitrogens with one attached hydrogen (secondary N) is 1. The molecule has 1 N–H and O–H groups in total. The predicted molar refractivity (Wildman–Crippen MR) is 60.8 cm³/mol. The van der Waals surface area contributed by atoms with Crippen molar-refractivity contribution in [3.8, 4) is 0 Å². The summed E-state index contributed by atoms with van der Waals surface area (Å²) >= 11 is 0. The molecule has 82 valence electrons. The van der Waals surface area contributed by atoms with Crippen LogP contribution in [0.4, 0.5) is 5.82 Å². The van der Waals surface area contributed by atoms with E-state index in [9.17, 15) is 0 Å². The van der Waals surface area contributed by atoms with Gasteiger partial charge in [0, 0.05) is 18.7 Å². The highest BCUT2D eigenvalue weighted by molar-refractivity contribution is 5.35. The lowest BCUT2D eigenvalue weighted by Crippen LogP contribution is -2.20. The van der Waals surface area contributed by atoms with Gasteiger partial charge in [-0.2, -0.15) is 5.10 Å². The molecule has 2 saturated carbocycles. The molecule has 0 aromatic carbocycles. The van der Waals surface area contributed by atoms with Gasteiger partial charge in [0.25, 0.3) is 0 Å². The first-order valence-corrected chi connectivity index (χ1v) is 6.11. The summed E-state index contributed by atoms with van der Waals surface area (Å²) in [5.41, 5.74) is 0. The third-order valence-corrected chi connectivity index (χ3v) is 3.55. The first-order valence-electron chi connectivity index (χ1n) is 6.11. The zero-order valence-corrected chi connectivity index (χ0v) is 9.32. The zero-order chi connectivity index (χ0) is 10.3. The lowest BCUT2D eigenvalue weighted by molar-refractivity contribution is 0.560. The molecule has 0 amide bonds. The van der Waals surface area contributed by atoms with Gasteiger partial charge in [-0.25, -0.2) is 4.68 Å². The van der Waals surface area contributed by atoms with Crippen LogP contribution in [0.2, 0.25) is 0 Å². The summed E-state index contributed by atoms with van der Waals surface area (Å²) in [4.78, 5) is 0. The van der Waals surface area contributed by atoms with Crippen LogP contribution in [-0.2, 0) is 6.54 Å². The van der Waals surface area contributed by atoms with Crippen LogP contribution in [-0.4, -0.2) is 15.8 Å². The minimum absolute atomic E-state index is 0.611. The van der Waals surface area contributed by atoms with Gasteiger partial charge >= 0.3 is 0 Å². The smallest absolute Gasteiger partial charge is 0.124 e. The molecule has 1 heterocycles. The van der Waals surface area contributed by atoms with Gasteiger partial charge in [-0.15, -0.1) is 0 Å². The van der Waals surface area contributed by atoms with Gasteiger partial charge in [0.15, 0.2) is 0 Å². The van der Waals surface area contributed by atoms with Gasteiger partial charge in [-0.05, 0) is 44.4 Å². The van der Waals surface area contributed by atoms with Crippen LogP contribution in [0.25, 0.3) is 0 Å². The fraction of sp³-hybridized carbons (Fsp3) is 0.750. The summed E-state index contributed by atoms with van der Waals surface area (Å²) in [6.45, 7) is 3.39. The van der Waals surface area contributed by atoms with Crippen LogP contribution in [0.3, 0.4) is 0 Å². The Balaban J connectivity index is 1.64. The van der Waals surface area contributed by atoms with Crippen molar-refractivity contribution in [1.29, 1.82) is 0 Å². The molecule has 2 aliphatic rings. The molecule has 15 heavy (non-hydrogen) atoms. The van der Waals surface area contributed by atoms with Crippen molar-refractivity contribution in [1.82, 2.24) is 9.78 Å². The Morgan fingerprint density at radius 3 is 2.93 bits per heavy atom. The van der Waals surface area contributed by atoms with E-state index >= 15 is 0 Å². The van der Waals surface area contributed by atoms with Crippen LogP contribution >= 0.6 is 0 Å². The molecule has 0 saturated heterocycles. The third-order valence-electron chi connectivity index (χ3n) is 3.55. The van der Waals surface area contributed by atoms with Gasteiger partial charge in [0.05, 0.1) is 6.20 Å². The van der Waals surface area contributed by atoms with Crippen molar-refractivity contribution in [2.24, 2.45) is 11.8 Å². The molecule has 0 radical (unpaired) electrons. The average Bonchev–Trinajstić information content (AvgIpc) is 3.10. The van der Waals surface area contributed by atoms with Crippen LogP contribution < -0.4 is 5.32 Å². The van der Waals surface area contributed by atoms with E-state index in [2.05, 4.69) is 28.1 Å². The summed E-state index contributed by atoms with van der Waals surface area (Å²) in [5.74, 6) is 3.00. The molecular weight excluding hydrogens is 186 g/mol. The van der Waals surface area contributed by atoms with Crippen molar-refractivity contribution in [2.75, 3.05) is 5.32 Å². The Kier molecular flexibility index (Phi) is 2.19. The molecule has 1 aromatic rings. The Hall–Kier alpha value is -0.990. The Bertz CT molecular complexity index is 336. The van der Waals surface area contributed by atoms with E-state index in [-0.39, 0.29) is 0 Å². The monoisotopic (exact) mass is 205 g/mol. The van der Waals surface area contributed by atoms with E-state index in [1.807, 2.05) is 6.20 Å². The Labute approximate surface area is 90.9 Å². The number of aromatic nitrogens is 2. The highest BCUT2D eigenvalue weighted by atomic mass is 15.3. The summed E-state index contributed by atoms with van der Waals surface area (Å²) in [6, 6.07) is 2.71. The second kappa shape index (κ2) is 3.54. The molecule has 0 spiro atoms. The maximum Gasteiger partial charge on any atom is 0.124 e. The minimum Gasteiger partial charge on any atom is -0.368 e. The molecule has 3 rings (SSSR count).